The summed E-state index contributed by atoms with van der Waals surface area (Å²) in [5.41, 5.74) is 2.38. The summed E-state index contributed by atoms with van der Waals surface area (Å²) in [4.78, 5) is 0. The predicted molar refractivity (Wildman–Crippen MR) is 53.6 cm³/mol. The number of aromatic nitrogens is 1. The molecule has 0 aliphatic rings. The van der Waals surface area contributed by atoms with Crippen molar-refractivity contribution in [3.8, 4) is 0 Å². The van der Waals surface area contributed by atoms with Gasteiger partial charge in [0.05, 0.1) is 0 Å². The second kappa shape index (κ2) is 5.27. The van der Waals surface area contributed by atoms with Gasteiger partial charge in [-0.2, -0.15) is 4.57 Å². The van der Waals surface area contributed by atoms with E-state index in [0.717, 1.165) is 12.1 Å². The highest BCUT2D eigenvalue weighted by Crippen LogP contribution is 1.98. The minimum atomic E-state index is 0. The summed E-state index contributed by atoms with van der Waals surface area (Å²) in [6.07, 6.45) is 5.81. The average Bonchev–Trinajstić information content (AvgIpc) is 2.09. The highest BCUT2D eigenvalue weighted by molar-refractivity contribution is 5.43. The summed E-state index contributed by atoms with van der Waals surface area (Å²) in [7, 11) is 0. The highest BCUT2D eigenvalue weighted by Gasteiger charge is 2.02. The fraction of sp³-hybridized carbons (Fsp3) is 0.182. The summed E-state index contributed by atoms with van der Waals surface area (Å²) in [6, 6.07) is 4.14. The van der Waals surface area contributed by atoms with Crippen LogP contribution in [-0.4, -0.2) is 5.48 Å². The number of nitrogens with zero attached hydrogens (tertiary/aromatic N) is 1. The third kappa shape index (κ3) is 2.84. The van der Waals surface area contributed by atoms with Crippen LogP contribution in [0.2, 0.25) is 0 Å². The van der Waals surface area contributed by atoms with Crippen molar-refractivity contribution >= 4 is 6.08 Å². The smallest absolute Gasteiger partial charge is 0.178 e. The maximum absolute atomic E-state index is 3.72. The van der Waals surface area contributed by atoms with E-state index in [4.69, 9.17) is 0 Å². The molecule has 2 heteroatoms. The summed E-state index contributed by atoms with van der Waals surface area (Å²) >= 11 is 0. The Morgan fingerprint density at radius 3 is 2.62 bits per heavy atom. The van der Waals surface area contributed by atoms with Gasteiger partial charge in [-0.3, -0.25) is 0 Å². The maximum atomic E-state index is 3.72. The number of pyridine rings is 1. The van der Waals surface area contributed by atoms with Gasteiger partial charge in [-0.05, 0) is 12.1 Å². The van der Waals surface area contributed by atoms with E-state index in [1.165, 1.54) is 5.69 Å². The number of hydrogen-bond donors (Lipinski definition) is 0. The number of allylic oxidation sites excluding steroid dienone is 1. The van der Waals surface area contributed by atoms with Crippen molar-refractivity contribution in [1.29, 1.82) is 0 Å². The van der Waals surface area contributed by atoms with E-state index in [9.17, 15) is 0 Å². The summed E-state index contributed by atoms with van der Waals surface area (Å²) in [6.45, 7) is 10.4. The zero-order valence-electron chi connectivity index (χ0n) is 7.90. The molecule has 0 amide bonds. The third-order valence-electron chi connectivity index (χ3n) is 1.84. The molecule has 0 aromatic carbocycles. The van der Waals surface area contributed by atoms with E-state index >= 15 is 0 Å². The van der Waals surface area contributed by atoms with E-state index in [1.54, 1.807) is 0 Å². The van der Waals surface area contributed by atoms with Crippen molar-refractivity contribution in [2.24, 2.45) is 0 Å². The van der Waals surface area contributed by atoms with Crippen LogP contribution < -0.4 is 4.57 Å². The molecule has 0 aliphatic carbocycles. The van der Waals surface area contributed by atoms with Crippen LogP contribution in [0.25, 0.3) is 6.08 Å². The standard InChI is InChI=1S/C11H14N.H2O/c1-4-8-12-9-11(5-2)7-6-10(12)3;/h4-7,9H,1-2,8H2,3H3;1H2/q+1;/p-1. The lowest BCUT2D eigenvalue weighted by molar-refractivity contribution is -0.693. The first-order valence-electron chi connectivity index (χ1n) is 4.01. The van der Waals surface area contributed by atoms with Gasteiger partial charge in [-0.1, -0.05) is 19.2 Å². The van der Waals surface area contributed by atoms with Crippen molar-refractivity contribution in [1.82, 2.24) is 0 Å². The second-order valence-electron chi connectivity index (χ2n) is 2.75. The van der Waals surface area contributed by atoms with Gasteiger partial charge < -0.3 is 5.48 Å². The normalized spacial score (nSPS) is 8.69. The van der Waals surface area contributed by atoms with Gasteiger partial charge in [0, 0.05) is 18.6 Å². The molecule has 0 unspecified atom stereocenters. The molecule has 0 aliphatic heterocycles. The van der Waals surface area contributed by atoms with Crippen LogP contribution in [0.15, 0.2) is 37.6 Å². The van der Waals surface area contributed by atoms with Crippen LogP contribution in [0, 0.1) is 6.92 Å². The molecule has 1 aromatic heterocycles. The van der Waals surface area contributed by atoms with Crippen LogP contribution in [0.3, 0.4) is 0 Å². The van der Waals surface area contributed by atoms with Gasteiger partial charge in [-0.15, -0.1) is 0 Å². The van der Waals surface area contributed by atoms with Gasteiger partial charge in [-0.25, -0.2) is 0 Å². The number of rotatable bonds is 3. The molecule has 0 atom stereocenters. The topological polar surface area (TPSA) is 33.9 Å². The van der Waals surface area contributed by atoms with Gasteiger partial charge in [0.2, 0.25) is 0 Å². The van der Waals surface area contributed by atoms with E-state index in [2.05, 4.69) is 43.0 Å². The van der Waals surface area contributed by atoms with Crippen molar-refractivity contribution in [2.75, 3.05) is 0 Å². The van der Waals surface area contributed by atoms with Gasteiger partial charge in [0.15, 0.2) is 18.4 Å². The van der Waals surface area contributed by atoms with Crippen LogP contribution in [0.1, 0.15) is 11.3 Å². The average molecular weight is 177 g/mol. The number of aryl methyl sites for hydroxylation is 1. The Bertz CT molecular complexity index is 305. The maximum Gasteiger partial charge on any atom is 0.178 e. The minimum Gasteiger partial charge on any atom is -0.870 e. The Labute approximate surface area is 79.2 Å². The van der Waals surface area contributed by atoms with Gasteiger partial charge in [0.25, 0.3) is 0 Å². The van der Waals surface area contributed by atoms with E-state index in [1.807, 2.05) is 12.2 Å². The quantitative estimate of drug-likeness (QED) is 0.513. The SMILES string of the molecule is C=CC[n+]1cc(C=C)ccc1C.[OH-]. The van der Waals surface area contributed by atoms with Crippen LogP contribution in [0.4, 0.5) is 0 Å². The first-order chi connectivity index (χ1) is 5.77. The third-order valence-corrected chi connectivity index (χ3v) is 1.84. The zero-order chi connectivity index (χ0) is 8.97. The Morgan fingerprint density at radius 2 is 2.08 bits per heavy atom. The van der Waals surface area contributed by atoms with Gasteiger partial charge in [0.1, 0.15) is 0 Å². The molecule has 0 radical (unpaired) electrons. The minimum absolute atomic E-state index is 0. The van der Waals surface area contributed by atoms with Crippen LogP contribution >= 0.6 is 0 Å². The van der Waals surface area contributed by atoms with Crippen LogP contribution in [0.5, 0.6) is 0 Å². The molecule has 1 N–H and O–H groups in total. The first-order valence-corrected chi connectivity index (χ1v) is 4.01. The highest BCUT2D eigenvalue weighted by atomic mass is 16.0. The van der Waals surface area contributed by atoms with Gasteiger partial charge >= 0.3 is 0 Å². The Hall–Kier alpha value is -1.41. The molecule has 0 fully saturated rings. The molecule has 2 nitrogen and oxygen atoms in total. The molecular weight excluding hydrogens is 162 g/mol. The lowest BCUT2D eigenvalue weighted by Crippen LogP contribution is -2.35. The monoisotopic (exact) mass is 177 g/mol. The summed E-state index contributed by atoms with van der Waals surface area (Å²) in [5.74, 6) is 0. The molecule has 13 heavy (non-hydrogen) atoms. The van der Waals surface area contributed by atoms with E-state index < -0.39 is 0 Å². The molecule has 0 saturated heterocycles. The molecule has 0 bridgehead atoms. The molecule has 1 aromatic rings. The Morgan fingerprint density at radius 1 is 1.38 bits per heavy atom. The molecule has 1 rings (SSSR count). The summed E-state index contributed by atoms with van der Waals surface area (Å²) in [5, 5.41) is 0. The van der Waals surface area contributed by atoms with Crippen molar-refractivity contribution in [3.05, 3.63) is 48.8 Å². The van der Waals surface area contributed by atoms with Crippen molar-refractivity contribution in [3.63, 3.8) is 0 Å². The zero-order valence-corrected chi connectivity index (χ0v) is 7.90. The molecule has 0 spiro atoms. The first kappa shape index (κ1) is 11.6. The lowest BCUT2D eigenvalue weighted by atomic mass is 10.2. The van der Waals surface area contributed by atoms with Crippen molar-refractivity contribution < 1.29 is 10.0 Å². The van der Waals surface area contributed by atoms with Crippen molar-refractivity contribution in [2.45, 2.75) is 13.5 Å². The fourth-order valence-corrected chi connectivity index (χ4v) is 1.09. The predicted octanol–water partition coefficient (Wildman–Crippen LogP) is 1.93. The Kier molecular flexibility index (Phi) is 4.70. The van der Waals surface area contributed by atoms with E-state index in [-0.39, 0.29) is 5.48 Å². The lowest BCUT2D eigenvalue weighted by Gasteiger charge is -1.97. The summed E-state index contributed by atoms with van der Waals surface area (Å²) < 4.78 is 2.14. The second-order valence-corrected chi connectivity index (χ2v) is 2.75. The molecule has 1 heterocycles. The van der Waals surface area contributed by atoms with Crippen LogP contribution in [-0.2, 0) is 6.54 Å². The Balaban J connectivity index is 0.00000144. The molecule has 70 valence electrons. The van der Waals surface area contributed by atoms with E-state index in [0.29, 0.717) is 0 Å². The fourth-order valence-electron chi connectivity index (χ4n) is 1.09. The largest absolute Gasteiger partial charge is 0.870 e. The molecular formula is C11H15NO. The molecule has 0 saturated carbocycles. The number of hydrogen-bond acceptors (Lipinski definition) is 1.